The molecule has 2 aromatic rings. The molecule has 4 nitrogen and oxygen atoms in total. The van der Waals surface area contributed by atoms with E-state index in [2.05, 4.69) is 33.3 Å². The Kier molecular flexibility index (Phi) is 4.64. The van der Waals surface area contributed by atoms with Gasteiger partial charge in [-0.2, -0.15) is 5.10 Å². The summed E-state index contributed by atoms with van der Waals surface area (Å²) in [4.78, 5) is 0. The maximum absolute atomic E-state index is 5.61. The molecule has 0 aliphatic carbocycles. The summed E-state index contributed by atoms with van der Waals surface area (Å²) in [7, 11) is 0. The highest BCUT2D eigenvalue weighted by Gasteiger charge is 1.97. The van der Waals surface area contributed by atoms with E-state index in [1.165, 1.54) is 0 Å². The molecule has 18 heavy (non-hydrogen) atoms. The normalized spacial score (nSPS) is 10.3. The smallest absolute Gasteiger partial charge is 0.148 e. The topological polar surface area (TPSA) is 39.1 Å². The molecular weight excluding hydrogens is 294 g/mol. The van der Waals surface area contributed by atoms with E-state index in [-0.39, 0.29) is 0 Å². The number of benzene rings is 1. The van der Waals surface area contributed by atoms with E-state index in [9.17, 15) is 0 Å². The number of aryl methyl sites for hydroxylation is 1. The van der Waals surface area contributed by atoms with Gasteiger partial charge in [-0.15, -0.1) is 0 Å². The van der Waals surface area contributed by atoms with Crippen LogP contribution in [0.3, 0.4) is 0 Å². The molecule has 0 saturated heterocycles. The molecule has 1 aromatic carbocycles. The Bertz CT molecular complexity index is 498. The van der Waals surface area contributed by atoms with E-state index in [1.54, 1.807) is 0 Å². The molecule has 0 radical (unpaired) electrons. The van der Waals surface area contributed by atoms with Gasteiger partial charge < -0.3 is 10.1 Å². The monoisotopic (exact) mass is 309 g/mol. The van der Waals surface area contributed by atoms with Crippen LogP contribution in [0.1, 0.15) is 6.92 Å². The van der Waals surface area contributed by atoms with Gasteiger partial charge in [0.2, 0.25) is 0 Å². The Morgan fingerprint density at radius 3 is 3.00 bits per heavy atom. The second-order valence-electron chi connectivity index (χ2n) is 3.79. The fourth-order valence-corrected chi connectivity index (χ4v) is 1.92. The maximum atomic E-state index is 5.61. The van der Waals surface area contributed by atoms with Crippen molar-refractivity contribution in [2.45, 2.75) is 13.5 Å². The molecule has 0 spiro atoms. The number of aromatic nitrogens is 2. The van der Waals surface area contributed by atoms with Crippen molar-refractivity contribution >= 4 is 21.7 Å². The lowest BCUT2D eigenvalue weighted by Gasteiger charge is -2.07. The Hall–Kier alpha value is -1.49. The minimum Gasteiger partial charge on any atom is -0.492 e. The Balaban J connectivity index is 1.72. The molecule has 1 aromatic heterocycles. The minimum atomic E-state index is 0.607. The van der Waals surface area contributed by atoms with Gasteiger partial charge in [0.25, 0.3) is 0 Å². The van der Waals surface area contributed by atoms with E-state index in [4.69, 9.17) is 4.74 Å². The predicted octanol–water partition coefficient (Wildman–Crippen LogP) is 3.16. The van der Waals surface area contributed by atoms with Crippen LogP contribution in [0.4, 0.5) is 5.82 Å². The lowest BCUT2D eigenvalue weighted by atomic mass is 10.3. The van der Waals surface area contributed by atoms with Crippen LogP contribution in [0.5, 0.6) is 5.75 Å². The molecule has 0 fully saturated rings. The molecule has 0 aliphatic rings. The molecule has 0 unspecified atom stereocenters. The van der Waals surface area contributed by atoms with Crippen molar-refractivity contribution in [2.24, 2.45) is 0 Å². The second kappa shape index (κ2) is 6.44. The first-order valence-corrected chi connectivity index (χ1v) is 6.73. The quantitative estimate of drug-likeness (QED) is 0.833. The highest BCUT2D eigenvalue weighted by atomic mass is 79.9. The number of hydrogen-bond donors (Lipinski definition) is 1. The summed E-state index contributed by atoms with van der Waals surface area (Å²) in [5.41, 5.74) is 0. The first kappa shape index (κ1) is 13.0. The van der Waals surface area contributed by atoms with Crippen LogP contribution in [0, 0.1) is 0 Å². The Labute approximate surface area is 115 Å². The van der Waals surface area contributed by atoms with Gasteiger partial charge in [0.1, 0.15) is 18.2 Å². The number of nitrogens with one attached hydrogen (secondary N) is 1. The van der Waals surface area contributed by atoms with Crippen molar-refractivity contribution in [3.8, 4) is 5.75 Å². The maximum Gasteiger partial charge on any atom is 0.148 e. The number of halogens is 1. The van der Waals surface area contributed by atoms with Crippen LogP contribution >= 0.6 is 15.9 Å². The van der Waals surface area contributed by atoms with Crippen molar-refractivity contribution in [1.29, 1.82) is 0 Å². The number of anilines is 1. The highest BCUT2D eigenvalue weighted by Crippen LogP contribution is 2.17. The zero-order valence-electron chi connectivity index (χ0n) is 10.3. The highest BCUT2D eigenvalue weighted by molar-refractivity contribution is 9.10. The Morgan fingerprint density at radius 1 is 1.39 bits per heavy atom. The third-order valence-electron chi connectivity index (χ3n) is 2.44. The summed E-state index contributed by atoms with van der Waals surface area (Å²) in [6.45, 7) is 4.28. The summed E-state index contributed by atoms with van der Waals surface area (Å²) in [6, 6.07) is 9.78. The molecule has 0 bridgehead atoms. The third kappa shape index (κ3) is 3.77. The number of nitrogens with zero attached hydrogens (tertiary/aromatic N) is 2. The lowest BCUT2D eigenvalue weighted by molar-refractivity contribution is 0.332. The molecule has 0 amide bonds. The van der Waals surface area contributed by atoms with Crippen molar-refractivity contribution in [3.63, 3.8) is 0 Å². The van der Waals surface area contributed by atoms with Crippen LogP contribution in [0.2, 0.25) is 0 Å². The van der Waals surface area contributed by atoms with Crippen molar-refractivity contribution in [2.75, 3.05) is 18.5 Å². The molecule has 1 N–H and O–H groups in total. The van der Waals surface area contributed by atoms with Crippen LogP contribution in [0.25, 0.3) is 0 Å². The third-order valence-corrected chi connectivity index (χ3v) is 2.93. The van der Waals surface area contributed by atoms with Gasteiger partial charge in [-0.05, 0) is 25.1 Å². The predicted molar refractivity (Wildman–Crippen MR) is 76.0 cm³/mol. The molecule has 2 rings (SSSR count). The average Bonchev–Trinajstić information content (AvgIpc) is 2.83. The van der Waals surface area contributed by atoms with Gasteiger partial charge in [-0.1, -0.05) is 22.0 Å². The first-order chi connectivity index (χ1) is 8.78. The van der Waals surface area contributed by atoms with Gasteiger partial charge in [0.15, 0.2) is 0 Å². The summed E-state index contributed by atoms with van der Waals surface area (Å²) < 4.78 is 8.52. The van der Waals surface area contributed by atoms with Crippen molar-refractivity contribution < 1.29 is 4.74 Å². The largest absolute Gasteiger partial charge is 0.492 e. The number of ether oxygens (including phenoxy) is 1. The zero-order valence-corrected chi connectivity index (χ0v) is 11.9. The standard InChI is InChI=1S/C13H16BrN3O/c1-2-17-8-6-13(16-17)15-7-9-18-12-5-3-4-11(14)10-12/h3-6,8,10H,2,7,9H2,1H3,(H,15,16). The molecule has 1 heterocycles. The van der Waals surface area contributed by atoms with E-state index >= 15 is 0 Å². The van der Waals surface area contributed by atoms with Crippen molar-refractivity contribution in [1.82, 2.24) is 9.78 Å². The number of rotatable bonds is 6. The average molecular weight is 310 g/mol. The molecular formula is C13H16BrN3O. The van der Waals surface area contributed by atoms with Gasteiger partial charge in [-0.25, -0.2) is 0 Å². The lowest BCUT2D eigenvalue weighted by Crippen LogP contribution is -2.12. The van der Waals surface area contributed by atoms with E-state index in [1.807, 2.05) is 41.2 Å². The van der Waals surface area contributed by atoms with Crippen LogP contribution in [-0.2, 0) is 6.54 Å². The molecule has 5 heteroatoms. The fourth-order valence-electron chi connectivity index (χ4n) is 1.54. The molecule has 0 aliphatic heterocycles. The number of hydrogen-bond acceptors (Lipinski definition) is 3. The Morgan fingerprint density at radius 2 is 2.28 bits per heavy atom. The SMILES string of the molecule is CCn1ccc(NCCOc2cccc(Br)c2)n1. The summed E-state index contributed by atoms with van der Waals surface area (Å²) in [5.74, 6) is 1.75. The molecule has 96 valence electrons. The van der Waals surface area contributed by atoms with E-state index in [0.717, 1.165) is 29.1 Å². The summed E-state index contributed by atoms with van der Waals surface area (Å²) in [6.07, 6.45) is 1.96. The van der Waals surface area contributed by atoms with E-state index < -0.39 is 0 Å². The molecule has 0 saturated carbocycles. The van der Waals surface area contributed by atoms with Gasteiger partial charge in [0.05, 0.1) is 6.54 Å². The summed E-state index contributed by atoms with van der Waals surface area (Å²) >= 11 is 3.41. The van der Waals surface area contributed by atoms with Gasteiger partial charge in [0, 0.05) is 23.3 Å². The van der Waals surface area contributed by atoms with Crippen LogP contribution in [-0.4, -0.2) is 22.9 Å². The van der Waals surface area contributed by atoms with Crippen LogP contribution in [0.15, 0.2) is 41.0 Å². The first-order valence-electron chi connectivity index (χ1n) is 5.93. The van der Waals surface area contributed by atoms with Crippen LogP contribution < -0.4 is 10.1 Å². The van der Waals surface area contributed by atoms with Gasteiger partial charge >= 0.3 is 0 Å². The van der Waals surface area contributed by atoms with Gasteiger partial charge in [-0.3, -0.25) is 4.68 Å². The zero-order chi connectivity index (χ0) is 12.8. The van der Waals surface area contributed by atoms with E-state index in [0.29, 0.717) is 6.61 Å². The minimum absolute atomic E-state index is 0.607. The molecule has 0 atom stereocenters. The second-order valence-corrected chi connectivity index (χ2v) is 4.70. The fraction of sp³-hybridized carbons (Fsp3) is 0.308. The summed E-state index contributed by atoms with van der Waals surface area (Å²) in [5, 5.41) is 7.55. The van der Waals surface area contributed by atoms with Crippen molar-refractivity contribution in [3.05, 3.63) is 41.0 Å².